The third-order valence-electron chi connectivity index (χ3n) is 5.47. The van der Waals surface area contributed by atoms with Crippen LogP contribution >= 0.6 is 0 Å². The predicted octanol–water partition coefficient (Wildman–Crippen LogP) is 3.01. The molecule has 1 aliphatic carbocycles. The van der Waals surface area contributed by atoms with Gasteiger partial charge in [-0.3, -0.25) is 4.79 Å². The van der Waals surface area contributed by atoms with E-state index in [9.17, 15) is 15.0 Å². The van der Waals surface area contributed by atoms with Gasteiger partial charge in [0.05, 0.1) is 12.0 Å². The van der Waals surface area contributed by atoms with Crippen LogP contribution in [0.3, 0.4) is 0 Å². The van der Waals surface area contributed by atoms with Gasteiger partial charge in [0.25, 0.3) is 0 Å². The normalized spacial score (nSPS) is 29.6. The fourth-order valence-corrected chi connectivity index (χ4v) is 3.87. The van der Waals surface area contributed by atoms with E-state index in [1.165, 1.54) is 5.56 Å². The summed E-state index contributed by atoms with van der Waals surface area (Å²) < 4.78 is 5.92. The third kappa shape index (κ3) is 3.98. The summed E-state index contributed by atoms with van der Waals surface area (Å²) in [6.45, 7) is 6.86. The molecule has 0 spiro atoms. The molecule has 1 aliphatic heterocycles. The largest absolute Gasteiger partial charge is 0.491 e. The Morgan fingerprint density at radius 3 is 2.72 bits per heavy atom. The van der Waals surface area contributed by atoms with E-state index in [1.54, 1.807) is 0 Å². The number of rotatable bonds is 3. The number of carboxylic acid groups (broad SMARTS) is 1. The molecule has 0 saturated heterocycles. The topological polar surface area (TPSA) is 78.8 Å². The van der Waals surface area contributed by atoms with Crippen LogP contribution in [0.5, 0.6) is 5.75 Å². The lowest BCUT2D eigenvalue weighted by Gasteiger charge is -2.36. The highest BCUT2D eigenvalue weighted by Gasteiger charge is 2.34. The number of carbonyl (C=O) groups is 1. The quantitative estimate of drug-likeness (QED) is 0.783. The second kappa shape index (κ2) is 6.96. The fourth-order valence-electron chi connectivity index (χ4n) is 3.87. The molecule has 5 heteroatoms. The SMILES string of the molecule is CC(C)(C)c1ccc2c(c1)OC[C@H](N[C@@H]1CCC[C@@H](C(=O)O)C1)[C@@H]2O. The van der Waals surface area contributed by atoms with E-state index in [0.717, 1.165) is 30.6 Å². The van der Waals surface area contributed by atoms with Crippen LogP contribution in [0.2, 0.25) is 0 Å². The van der Waals surface area contributed by atoms with E-state index in [0.29, 0.717) is 13.0 Å². The van der Waals surface area contributed by atoms with Gasteiger partial charge < -0.3 is 20.3 Å². The molecule has 25 heavy (non-hydrogen) atoms. The van der Waals surface area contributed by atoms with Gasteiger partial charge >= 0.3 is 5.97 Å². The molecule has 0 bridgehead atoms. The van der Waals surface area contributed by atoms with E-state index < -0.39 is 12.1 Å². The number of fused-ring (bicyclic) bond motifs is 1. The molecule has 1 aromatic carbocycles. The standard InChI is InChI=1S/C20H29NO4/c1-20(2,3)13-7-8-15-17(10-13)25-11-16(18(15)22)21-14-6-4-5-12(9-14)19(23)24/h7-8,10,12,14,16,18,21-22H,4-6,9,11H2,1-3H3,(H,23,24)/t12-,14-,16+,18-/m1/s1. The monoisotopic (exact) mass is 347 g/mol. The summed E-state index contributed by atoms with van der Waals surface area (Å²) >= 11 is 0. The smallest absolute Gasteiger partial charge is 0.306 e. The first kappa shape index (κ1) is 18.2. The minimum atomic E-state index is -0.716. The Bertz CT molecular complexity index is 637. The molecule has 4 atom stereocenters. The van der Waals surface area contributed by atoms with Gasteiger partial charge in [-0.15, -0.1) is 0 Å². The van der Waals surface area contributed by atoms with Crippen molar-refractivity contribution < 1.29 is 19.7 Å². The van der Waals surface area contributed by atoms with Crippen LogP contribution in [0.25, 0.3) is 0 Å². The Hall–Kier alpha value is -1.59. The number of aliphatic hydroxyl groups is 1. The van der Waals surface area contributed by atoms with Crippen LogP contribution in [-0.2, 0) is 10.2 Å². The number of aliphatic carboxylic acids is 1. The van der Waals surface area contributed by atoms with E-state index in [1.807, 2.05) is 12.1 Å². The van der Waals surface area contributed by atoms with Crippen molar-refractivity contribution in [3.8, 4) is 5.75 Å². The second-order valence-electron chi connectivity index (χ2n) is 8.43. The Kier molecular flexibility index (Phi) is 5.07. The summed E-state index contributed by atoms with van der Waals surface area (Å²) in [5.74, 6) is -0.244. The molecule has 0 amide bonds. The van der Waals surface area contributed by atoms with Crippen LogP contribution in [0.1, 0.15) is 63.7 Å². The van der Waals surface area contributed by atoms with E-state index in [2.05, 4.69) is 32.2 Å². The number of benzene rings is 1. The number of hydrogen-bond donors (Lipinski definition) is 3. The van der Waals surface area contributed by atoms with E-state index in [-0.39, 0.29) is 23.4 Å². The molecule has 3 N–H and O–H groups in total. The van der Waals surface area contributed by atoms with Gasteiger partial charge in [-0.1, -0.05) is 39.3 Å². The lowest BCUT2D eigenvalue weighted by Crippen LogP contribution is -2.49. The lowest BCUT2D eigenvalue weighted by molar-refractivity contribution is -0.143. The zero-order valence-electron chi connectivity index (χ0n) is 15.3. The first-order chi connectivity index (χ1) is 11.8. The van der Waals surface area contributed by atoms with Gasteiger partial charge in [-0.05, 0) is 36.3 Å². The molecule has 1 heterocycles. The molecule has 5 nitrogen and oxygen atoms in total. The molecule has 1 saturated carbocycles. The molecule has 2 aliphatic rings. The van der Waals surface area contributed by atoms with Crippen molar-refractivity contribution in [1.29, 1.82) is 0 Å². The number of carboxylic acids is 1. The molecule has 0 radical (unpaired) electrons. The summed E-state index contributed by atoms with van der Waals surface area (Å²) in [4.78, 5) is 11.2. The minimum absolute atomic E-state index is 0.0341. The predicted molar refractivity (Wildman–Crippen MR) is 95.9 cm³/mol. The fraction of sp³-hybridized carbons (Fsp3) is 0.650. The Morgan fingerprint density at radius 1 is 1.28 bits per heavy atom. The summed E-state index contributed by atoms with van der Waals surface area (Å²) in [7, 11) is 0. The van der Waals surface area contributed by atoms with Crippen LogP contribution in [-0.4, -0.2) is 34.9 Å². The van der Waals surface area contributed by atoms with Crippen LogP contribution < -0.4 is 10.1 Å². The molecule has 138 valence electrons. The van der Waals surface area contributed by atoms with Crippen LogP contribution in [0.4, 0.5) is 0 Å². The summed E-state index contributed by atoms with van der Waals surface area (Å²) in [6.07, 6.45) is 2.58. The summed E-state index contributed by atoms with van der Waals surface area (Å²) in [6, 6.07) is 5.94. The van der Waals surface area contributed by atoms with Crippen LogP contribution in [0, 0.1) is 5.92 Å². The van der Waals surface area contributed by atoms with Gasteiger partial charge in [0.15, 0.2) is 0 Å². The molecule has 1 fully saturated rings. The van der Waals surface area contributed by atoms with Crippen molar-refractivity contribution in [1.82, 2.24) is 5.32 Å². The number of aliphatic hydroxyl groups excluding tert-OH is 1. The zero-order chi connectivity index (χ0) is 18.2. The minimum Gasteiger partial charge on any atom is -0.491 e. The number of ether oxygens (including phenoxy) is 1. The second-order valence-corrected chi connectivity index (χ2v) is 8.43. The molecule has 0 aromatic heterocycles. The third-order valence-corrected chi connectivity index (χ3v) is 5.47. The highest BCUT2D eigenvalue weighted by atomic mass is 16.5. The van der Waals surface area contributed by atoms with Crippen LogP contribution in [0.15, 0.2) is 18.2 Å². The van der Waals surface area contributed by atoms with Gasteiger partial charge in [0.1, 0.15) is 18.5 Å². The molecular formula is C20H29NO4. The average molecular weight is 347 g/mol. The molecule has 1 aromatic rings. The first-order valence-corrected chi connectivity index (χ1v) is 9.20. The molecular weight excluding hydrogens is 318 g/mol. The van der Waals surface area contributed by atoms with Gasteiger partial charge in [0.2, 0.25) is 0 Å². The lowest BCUT2D eigenvalue weighted by atomic mass is 9.84. The van der Waals surface area contributed by atoms with E-state index in [4.69, 9.17) is 4.74 Å². The highest BCUT2D eigenvalue weighted by molar-refractivity contribution is 5.70. The highest BCUT2D eigenvalue weighted by Crippen LogP contribution is 2.36. The van der Waals surface area contributed by atoms with Gasteiger partial charge in [-0.25, -0.2) is 0 Å². The Labute approximate surface area is 149 Å². The maximum Gasteiger partial charge on any atom is 0.306 e. The van der Waals surface area contributed by atoms with Gasteiger partial charge in [-0.2, -0.15) is 0 Å². The Morgan fingerprint density at radius 2 is 2.04 bits per heavy atom. The molecule has 3 rings (SSSR count). The summed E-state index contributed by atoms with van der Waals surface area (Å²) in [5.41, 5.74) is 2.02. The van der Waals surface area contributed by atoms with Crippen molar-refractivity contribution in [3.63, 3.8) is 0 Å². The maximum atomic E-state index is 11.2. The average Bonchev–Trinajstić information content (AvgIpc) is 2.56. The first-order valence-electron chi connectivity index (χ1n) is 9.20. The van der Waals surface area contributed by atoms with Crippen molar-refractivity contribution in [2.24, 2.45) is 5.92 Å². The maximum absolute atomic E-state index is 11.2. The van der Waals surface area contributed by atoms with Gasteiger partial charge in [0, 0.05) is 11.6 Å². The number of nitrogens with one attached hydrogen (secondary N) is 1. The van der Waals surface area contributed by atoms with Crippen molar-refractivity contribution in [2.75, 3.05) is 6.61 Å². The summed E-state index contributed by atoms with van der Waals surface area (Å²) in [5, 5.41) is 23.4. The Balaban J connectivity index is 1.69. The van der Waals surface area contributed by atoms with Crippen molar-refractivity contribution in [3.05, 3.63) is 29.3 Å². The van der Waals surface area contributed by atoms with Crippen molar-refractivity contribution >= 4 is 5.97 Å². The van der Waals surface area contributed by atoms with E-state index >= 15 is 0 Å². The van der Waals surface area contributed by atoms with Crippen molar-refractivity contribution in [2.45, 2.75) is 70.1 Å². The molecule has 0 unspecified atom stereocenters. The number of hydrogen-bond acceptors (Lipinski definition) is 4. The zero-order valence-corrected chi connectivity index (χ0v) is 15.3.